The van der Waals surface area contributed by atoms with Crippen LogP contribution in [0.15, 0.2) is 60.7 Å². The maximum atomic E-state index is 8.94. The molecule has 1 aliphatic rings. The smallest absolute Gasteiger partial charge is 0.124 e. The summed E-state index contributed by atoms with van der Waals surface area (Å²) in [4.78, 5) is 2.54. The summed E-state index contributed by atoms with van der Waals surface area (Å²) in [7, 11) is 0. The van der Waals surface area contributed by atoms with Crippen LogP contribution in [0.4, 0.5) is 0 Å². The summed E-state index contributed by atoms with van der Waals surface area (Å²) < 4.78 is 6.24. The molecule has 3 heteroatoms. The highest BCUT2D eigenvalue weighted by Gasteiger charge is 2.16. The molecule has 0 saturated carbocycles. The lowest BCUT2D eigenvalue weighted by Gasteiger charge is -2.28. The number of nitrogens with zero attached hydrogens (tertiary/aromatic N) is 2. The second-order valence-corrected chi connectivity index (χ2v) is 7.20. The van der Waals surface area contributed by atoms with Crippen molar-refractivity contribution < 1.29 is 4.74 Å². The summed E-state index contributed by atoms with van der Waals surface area (Å²) in [6.45, 7) is 3.78. The fourth-order valence-corrected chi connectivity index (χ4v) is 3.79. The van der Waals surface area contributed by atoms with Gasteiger partial charge in [-0.25, -0.2) is 0 Å². The number of hydrogen-bond donors (Lipinski definition) is 0. The minimum Gasteiger partial charge on any atom is -0.489 e. The molecule has 3 nitrogen and oxygen atoms in total. The molecule has 4 rings (SSSR count). The summed E-state index contributed by atoms with van der Waals surface area (Å²) in [5, 5.41) is 11.5. The average molecular weight is 356 g/mol. The topological polar surface area (TPSA) is 36.3 Å². The Morgan fingerprint density at radius 1 is 0.889 bits per heavy atom. The number of benzene rings is 3. The largest absolute Gasteiger partial charge is 0.489 e. The van der Waals surface area contributed by atoms with E-state index in [1.54, 1.807) is 0 Å². The van der Waals surface area contributed by atoms with E-state index in [-0.39, 0.29) is 0 Å². The molecule has 0 bridgehead atoms. The van der Waals surface area contributed by atoms with Crippen LogP contribution >= 0.6 is 0 Å². The lowest BCUT2D eigenvalue weighted by Crippen LogP contribution is -2.29. The average Bonchev–Trinajstić information content (AvgIpc) is 2.74. The highest BCUT2D eigenvalue weighted by molar-refractivity contribution is 5.87. The molecular formula is C24H24N2O. The number of piperidine rings is 1. The molecule has 27 heavy (non-hydrogen) atoms. The van der Waals surface area contributed by atoms with Gasteiger partial charge in [-0.15, -0.1) is 0 Å². The molecule has 3 aromatic carbocycles. The SMILES string of the molecule is N#Cc1ccc(COc2ccc3ccccc3c2CN2CCCCC2)cc1. The fraction of sp³-hybridized carbons (Fsp3) is 0.292. The van der Waals surface area contributed by atoms with Crippen LogP contribution in [0.3, 0.4) is 0 Å². The maximum Gasteiger partial charge on any atom is 0.124 e. The highest BCUT2D eigenvalue weighted by Crippen LogP contribution is 2.30. The van der Waals surface area contributed by atoms with Crippen molar-refractivity contribution in [2.24, 2.45) is 0 Å². The Hall–Kier alpha value is -2.83. The van der Waals surface area contributed by atoms with Crippen LogP contribution in [0.5, 0.6) is 5.75 Å². The van der Waals surface area contributed by atoms with Gasteiger partial charge in [-0.1, -0.05) is 48.9 Å². The zero-order valence-electron chi connectivity index (χ0n) is 15.5. The molecule has 0 aliphatic carbocycles. The number of ether oxygens (including phenoxy) is 1. The molecule has 1 fully saturated rings. The van der Waals surface area contributed by atoms with Gasteiger partial charge in [-0.05, 0) is 60.5 Å². The first-order valence-corrected chi connectivity index (χ1v) is 9.68. The van der Waals surface area contributed by atoms with E-state index in [2.05, 4.69) is 47.4 Å². The maximum absolute atomic E-state index is 8.94. The van der Waals surface area contributed by atoms with E-state index in [4.69, 9.17) is 10.00 Å². The number of likely N-dealkylation sites (tertiary alicyclic amines) is 1. The van der Waals surface area contributed by atoms with Gasteiger partial charge in [0.1, 0.15) is 12.4 Å². The van der Waals surface area contributed by atoms with Gasteiger partial charge in [0, 0.05) is 12.1 Å². The van der Waals surface area contributed by atoms with Gasteiger partial charge in [0.2, 0.25) is 0 Å². The van der Waals surface area contributed by atoms with Crippen molar-refractivity contribution in [1.82, 2.24) is 4.90 Å². The van der Waals surface area contributed by atoms with E-state index in [1.165, 1.54) is 35.6 Å². The van der Waals surface area contributed by atoms with Crippen molar-refractivity contribution >= 4 is 10.8 Å². The number of fused-ring (bicyclic) bond motifs is 1. The molecule has 1 aliphatic heterocycles. The Balaban J connectivity index is 1.60. The number of nitriles is 1. The zero-order valence-corrected chi connectivity index (χ0v) is 15.5. The van der Waals surface area contributed by atoms with Crippen molar-refractivity contribution in [2.75, 3.05) is 13.1 Å². The van der Waals surface area contributed by atoms with Gasteiger partial charge in [0.25, 0.3) is 0 Å². The molecule has 0 atom stereocenters. The Morgan fingerprint density at radius 2 is 1.67 bits per heavy atom. The molecule has 0 spiro atoms. The van der Waals surface area contributed by atoms with Crippen molar-refractivity contribution in [3.05, 3.63) is 77.4 Å². The normalized spacial score (nSPS) is 14.8. The van der Waals surface area contributed by atoms with E-state index < -0.39 is 0 Å². The molecule has 136 valence electrons. The summed E-state index contributed by atoms with van der Waals surface area (Å²) >= 11 is 0. The second kappa shape index (κ2) is 8.24. The zero-order chi connectivity index (χ0) is 18.5. The van der Waals surface area contributed by atoms with Crippen LogP contribution in [0.25, 0.3) is 10.8 Å². The molecular weight excluding hydrogens is 332 g/mol. The molecule has 0 N–H and O–H groups in total. The molecule has 0 unspecified atom stereocenters. The fourth-order valence-electron chi connectivity index (χ4n) is 3.79. The standard InChI is InChI=1S/C24H24N2O/c25-16-19-8-10-20(11-9-19)18-27-24-13-12-21-6-2-3-7-22(21)23(24)17-26-14-4-1-5-15-26/h2-3,6-13H,1,4-5,14-15,17-18H2. The van der Waals surface area contributed by atoms with Gasteiger partial charge in [-0.3, -0.25) is 4.90 Å². The van der Waals surface area contributed by atoms with E-state index in [1.807, 2.05) is 24.3 Å². The first kappa shape index (κ1) is 17.6. The van der Waals surface area contributed by atoms with Crippen LogP contribution in [-0.2, 0) is 13.2 Å². The van der Waals surface area contributed by atoms with Gasteiger partial charge in [0.15, 0.2) is 0 Å². The van der Waals surface area contributed by atoms with Crippen LogP contribution in [0.2, 0.25) is 0 Å². The first-order valence-electron chi connectivity index (χ1n) is 9.68. The van der Waals surface area contributed by atoms with Gasteiger partial charge in [-0.2, -0.15) is 5.26 Å². The van der Waals surface area contributed by atoms with Crippen LogP contribution in [0, 0.1) is 11.3 Å². The van der Waals surface area contributed by atoms with E-state index in [0.717, 1.165) is 30.9 Å². The van der Waals surface area contributed by atoms with Crippen LogP contribution in [0.1, 0.15) is 36.0 Å². The lowest BCUT2D eigenvalue weighted by molar-refractivity contribution is 0.216. The summed E-state index contributed by atoms with van der Waals surface area (Å²) in [5.41, 5.74) is 3.03. The predicted molar refractivity (Wildman–Crippen MR) is 109 cm³/mol. The Labute approximate surface area is 160 Å². The quantitative estimate of drug-likeness (QED) is 0.624. The van der Waals surface area contributed by atoms with Crippen molar-refractivity contribution in [1.29, 1.82) is 5.26 Å². The minimum absolute atomic E-state index is 0.511. The van der Waals surface area contributed by atoms with E-state index >= 15 is 0 Å². The molecule has 0 aromatic heterocycles. The molecule has 3 aromatic rings. The predicted octanol–water partition coefficient (Wildman–Crippen LogP) is 5.28. The second-order valence-electron chi connectivity index (χ2n) is 7.20. The van der Waals surface area contributed by atoms with Gasteiger partial charge < -0.3 is 4.74 Å². The van der Waals surface area contributed by atoms with Crippen molar-refractivity contribution in [2.45, 2.75) is 32.4 Å². The molecule has 1 heterocycles. The van der Waals surface area contributed by atoms with Crippen LogP contribution < -0.4 is 4.74 Å². The molecule has 1 saturated heterocycles. The third kappa shape index (κ3) is 4.13. The lowest BCUT2D eigenvalue weighted by atomic mass is 10.0. The van der Waals surface area contributed by atoms with E-state index in [9.17, 15) is 0 Å². The Bertz CT molecular complexity index is 950. The third-order valence-corrected chi connectivity index (χ3v) is 5.31. The summed E-state index contributed by atoms with van der Waals surface area (Å²) in [6, 6.07) is 22.6. The number of hydrogen-bond acceptors (Lipinski definition) is 3. The minimum atomic E-state index is 0.511. The third-order valence-electron chi connectivity index (χ3n) is 5.31. The van der Waals surface area contributed by atoms with Crippen molar-refractivity contribution in [3.63, 3.8) is 0 Å². The van der Waals surface area contributed by atoms with Gasteiger partial charge >= 0.3 is 0 Å². The Morgan fingerprint density at radius 3 is 2.44 bits per heavy atom. The Kier molecular flexibility index (Phi) is 5.37. The summed E-state index contributed by atoms with van der Waals surface area (Å²) in [5.74, 6) is 0.962. The van der Waals surface area contributed by atoms with Crippen LogP contribution in [-0.4, -0.2) is 18.0 Å². The van der Waals surface area contributed by atoms with Gasteiger partial charge in [0.05, 0.1) is 11.6 Å². The number of rotatable bonds is 5. The monoisotopic (exact) mass is 356 g/mol. The van der Waals surface area contributed by atoms with E-state index in [0.29, 0.717) is 12.2 Å². The summed E-state index contributed by atoms with van der Waals surface area (Å²) in [6.07, 6.45) is 3.91. The highest BCUT2D eigenvalue weighted by atomic mass is 16.5. The molecule has 0 amide bonds. The van der Waals surface area contributed by atoms with Crippen molar-refractivity contribution in [3.8, 4) is 11.8 Å². The molecule has 0 radical (unpaired) electrons. The first-order chi connectivity index (χ1) is 13.3.